The van der Waals surface area contributed by atoms with Crippen molar-refractivity contribution in [1.29, 1.82) is 0 Å². The second-order valence-electron chi connectivity index (χ2n) is 5.60. The minimum Gasteiger partial charge on any atom is -0.469 e. The van der Waals surface area contributed by atoms with Crippen molar-refractivity contribution in [1.82, 2.24) is 5.43 Å². The van der Waals surface area contributed by atoms with Crippen LogP contribution < -0.4 is 11.3 Å². The molecule has 0 aromatic rings. The van der Waals surface area contributed by atoms with Crippen LogP contribution in [0.5, 0.6) is 0 Å². The lowest BCUT2D eigenvalue weighted by atomic mass is 10.1. The van der Waals surface area contributed by atoms with E-state index in [9.17, 15) is 9.59 Å². The molecule has 20 heavy (non-hydrogen) atoms. The van der Waals surface area contributed by atoms with Gasteiger partial charge < -0.3 is 9.47 Å². The van der Waals surface area contributed by atoms with E-state index in [0.717, 1.165) is 37.2 Å². The smallest absolute Gasteiger partial charge is 0.306 e. The van der Waals surface area contributed by atoms with Gasteiger partial charge in [-0.1, -0.05) is 0 Å². The van der Waals surface area contributed by atoms with Crippen LogP contribution >= 0.6 is 11.8 Å². The highest BCUT2D eigenvalue weighted by Gasteiger charge is 2.44. The molecule has 0 aromatic carbocycles. The van der Waals surface area contributed by atoms with E-state index in [-0.39, 0.29) is 23.4 Å². The lowest BCUT2D eigenvalue weighted by Crippen LogP contribution is -2.39. The summed E-state index contributed by atoms with van der Waals surface area (Å²) in [5.74, 6) is 6.53. The Morgan fingerprint density at radius 1 is 1.45 bits per heavy atom. The number of ether oxygens (including phenoxy) is 2. The molecule has 1 amide bonds. The van der Waals surface area contributed by atoms with Gasteiger partial charge >= 0.3 is 5.97 Å². The van der Waals surface area contributed by atoms with Gasteiger partial charge in [-0.3, -0.25) is 15.0 Å². The molecule has 114 valence electrons. The molecule has 1 saturated carbocycles. The number of hydrogen-bond acceptors (Lipinski definition) is 6. The van der Waals surface area contributed by atoms with Crippen molar-refractivity contribution < 1.29 is 19.1 Å². The number of carbonyl (C=O) groups excluding carboxylic acids is 2. The minimum absolute atomic E-state index is 0.108. The van der Waals surface area contributed by atoms with Gasteiger partial charge in [0.1, 0.15) is 6.10 Å². The van der Waals surface area contributed by atoms with Crippen LogP contribution in [0.3, 0.4) is 0 Å². The highest BCUT2D eigenvalue weighted by molar-refractivity contribution is 7.99. The number of rotatable bonds is 7. The van der Waals surface area contributed by atoms with Crippen LogP contribution in [0.1, 0.15) is 32.1 Å². The molecule has 0 radical (unpaired) electrons. The number of esters is 1. The zero-order valence-corrected chi connectivity index (χ0v) is 12.5. The number of carbonyl (C=O) groups is 2. The summed E-state index contributed by atoms with van der Waals surface area (Å²) in [5, 5.41) is 0. The lowest BCUT2D eigenvalue weighted by Gasteiger charge is -2.16. The van der Waals surface area contributed by atoms with Gasteiger partial charge in [0, 0.05) is 5.75 Å². The van der Waals surface area contributed by atoms with Crippen LogP contribution in [-0.2, 0) is 19.1 Å². The standard InChI is InChI=1S/C13H22N2O4S/c1-18-11(16)6-13(4-5-13)8-20-7-9-2-3-10(19-9)12(17)15-14/h9-10H,2-8,14H2,1H3,(H,15,17). The first-order chi connectivity index (χ1) is 9.58. The fourth-order valence-corrected chi connectivity index (χ4v) is 3.90. The summed E-state index contributed by atoms with van der Waals surface area (Å²) in [5.41, 5.74) is 2.27. The van der Waals surface area contributed by atoms with Crippen molar-refractivity contribution in [3.05, 3.63) is 0 Å². The summed E-state index contributed by atoms with van der Waals surface area (Å²) in [6.07, 6.45) is 4.01. The number of nitrogens with one attached hydrogen (secondary N) is 1. The average Bonchev–Trinajstić information content (AvgIpc) is 3.03. The molecule has 2 aliphatic rings. The van der Waals surface area contributed by atoms with Gasteiger partial charge in [-0.15, -0.1) is 0 Å². The largest absolute Gasteiger partial charge is 0.469 e. The summed E-state index contributed by atoms with van der Waals surface area (Å²) in [4.78, 5) is 22.7. The second kappa shape index (κ2) is 6.78. The van der Waals surface area contributed by atoms with Gasteiger partial charge in [-0.2, -0.15) is 11.8 Å². The van der Waals surface area contributed by atoms with Crippen molar-refractivity contribution in [3.8, 4) is 0 Å². The quantitative estimate of drug-likeness (QED) is 0.310. The fraction of sp³-hybridized carbons (Fsp3) is 0.846. The zero-order chi connectivity index (χ0) is 14.6. The van der Waals surface area contributed by atoms with E-state index in [4.69, 9.17) is 15.3 Å². The topological polar surface area (TPSA) is 90.7 Å². The van der Waals surface area contributed by atoms with Gasteiger partial charge in [-0.05, 0) is 36.9 Å². The Morgan fingerprint density at radius 3 is 2.80 bits per heavy atom. The number of methoxy groups -OCH3 is 1. The van der Waals surface area contributed by atoms with E-state index in [2.05, 4.69) is 5.43 Å². The fourth-order valence-electron chi connectivity index (χ4n) is 2.45. The van der Waals surface area contributed by atoms with Gasteiger partial charge in [0.2, 0.25) is 0 Å². The maximum atomic E-state index is 11.3. The Morgan fingerprint density at radius 2 is 2.20 bits per heavy atom. The molecule has 6 nitrogen and oxygen atoms in total. The molecule has 1 aliphatic carbocycles. The SMILES string of the molecule is COC(=O)CC1(CSCC2CCC(C(=O)NN)O2)CC1. The molecule has 0 bridgehead atoms. The average molecular weight is 302 g/mol. The van der Waals surface area contributed by atoms with E-state index >= 15 is 0 Å². The van der Waals surface area contributed by atoms with Crippen molar-refractivity contribution in [2.75, 3.05) is 18.6 Å². The van der Waals surface area contributed by atoms with Crippen molar-refractivity contribution >= 4 is 23.6 Å². The maximum Gasteiger partial charge on any atom is 0.306 e. The number of nitrogens with two attached hydrogens (primary N) is 1. The predicted octanol–water partition coefficient (Wildman–Crippen LogP) is 0.600. The maximum absolute atomic E-state index is 11.3. The molecule has 3 N–H and O–H groups in total. The Kier molecular flexibility index (Phi) is 5.29. The molecule has 0 aromatic heterocycles. The van der Waals surface area contributed by atoms with Gasteiger partial charge in [0.25, 0.3) is 5.91 Å². The number of amides is 1. The van der Waals surface area contributed by atoms with Crippen molar-refractivity contribution in [2.24, 2.45) is 11.3 Å². The number of hydrazine groups is 1. The monoisotopic (exact) mass is 302 g/mol. The van der Waals surface area contributed by atoms with Gasteiger partial charge in [0.05, 0.1) is 19.6 Å². The van der Waals surface area contributed by atoms with E-state index in [1.165, 1.54) is 7.11 Å². The Labute approximate surface area is 123 Å². The lowest BCUT2D eigenvalue weighted by molar-refractivity contribution is -0.141. The molecule has 1 heterocycles. The molecular formula is C13H22N2O4S. The minimum atomic E-state index is -0.407. The Bertz CT molecular complexity index is 373. The first-order valence-electron chi connectivity index (χ1n) is 6.89. The van der Waals surface area contributed by atoms with E-state index < -0.39 is 6.10 Å². The second-order valence-corrected chi connectivity index (χ2v) is 6.63. The highest BCUT2D eigenvalue weighted by atomic mass is 32.2. The van der Waals surface area contributed by atoms with Crippen LogP contribution in [0.15, 0.2) is 0 Å². The van der Waals surface area contributed by atoms with Crippen molar-refractivity contribution in [3.63, 3.8) is 0 Å². The van der Waals surface area contributed by atoms with E-state index in [1.54, 1.807) is 11.8 Å². The van der Waals surface area contributed by atoms with Crippen LogP contribution in [0.2, 0.25) is 0 Å². The van der Waals surface area contributed by atoms with Crippen LogP contribution in [0.25, 0.3) is 0 Å². The van der Waals surface area contributed by atoms with Gasteiger partial charge in [-0.25, -0.2) is 5.84 Å². The Balaban J connectivity index is 1.65. The molecule has 1 saturated heterocycles. The number of thioether (sulfide) groups is 1. The molecule has 7 heteroatoms. The van der Waals surface area contributed by atoms with Crippen LogP contribution in [-0.4, -0.2) is 42.7 Å². The molecule has 2 rings (SSSR count). The summed E-state index contributed by atoms with van der Waals surface area (Å²) in [6.45, 7) is 0. The first kappa shape index (κ1) is 15.6. The predicted molar refractivity (Wildman–Crippen MR) is 75.9 cm³/mol. The summed E-state index contributed by atoms with van der Waals surface area (Å²) < 4.78 is 10.4. The van der Waals surface area contributed by atoms with Crippen LogP contribution in [0.4, 0.5) is 0 Å². The van der Waals surface area contributed by atoms with Crippen LogP contribution in [0, 0.1) is 5.41 Å². The summed E-state index contributed by atoms with van der Waals surface area (Å²) in [6, 6.07) is 0. The molecule has 1 aliphatic heterocycles. The van der Waals surface area contributed by atoms with Gasteiger partial charge in [0.15, 0.2) is 0 Å². The van der Waals surface area contributed by atoms with E-state index in [1.807, 2.05) is 0 Å². The third-order valence-corrected chi connectivity index (χ3v) is 5.38. The summed E-state index contributed by atoms with van der Waals surface area (Å²) in [7, 11) is 1.43. The zero-order valence-electron chi connectivity index (χ0n) is 11.7. The normalized spacial score (nSPS) is 27.1. The van der Waals surface area contributed by atoms with E-state index in [0.29, 0.717) is 6.42 Å². The Hall–Kier alpha value is -0.790. The molecule has 2 unspecified atom stereocenters. The number of hydrogen-bond donors (Lipinski definition) is 2. The highest BCUT2D eigenvalue weighted by Crippen LogP contribution is 2.51. The summed E-state index contributed by atoms with van der Waals surface area (Å²) >= 11 is 1.80. The third-order valence-electron chi connectivity index (χ3n) is 3.96. The third kappa shape index (κ3) is 4.10. The molecule has 2 atom stereocenters. The molecule has 0 spiro atoms. The molecule has 2 fully saturated rings. The first-order valence-corrected chi connectivity index (χ1v) is 8.04. The van der Waals surface area contributed by atoms with Crippen molar-refractivity contribution in [2.45, 2.75) is 44.3 Å². The molecular weight excluding hydrogens is 280 g/mol.